The topological polar surface area (TPSA) is 65.0 Å². The number of halogens is 1. The Balaban J connectivity index is 1.55. The molecule has 1 heterocycles. The molecule has 0 spiro atoms. The van der Waals surface area contributed by atoms with E-state index >= 15 is 0 Å². The zero-order valence-electron chi connectivity index (χ0n) is 15.9. The second kappa shape index (κ2) is 6.45. The Morgan fingerprint density at radius 2 is 2.11 bits per heavy atom. The van der Waals surface area contributed by atoms with Gasteiger partial charge in [0.05, 0.1) is 29.8 Å². The second-order valence-electron chi connectivity index (χ2n) is 8.03. The molecule has 0 N–H and O–H groups in total. The lowest BCUT2D eigenvalue weighted by atomic mass is 9.70. The third-order valence-electron chi connectivity index (χ3n) is 6.57. The van der Waals surface area contributed by atoms with Gasteiger partial charge in [0.15, 0.2) is 5.78 Å². The Labute approximate surface area is 168 Å². The Morgan fingerprint density at radius 3 is 2.85 bits per heavy atom. The van der Waals surface area contributed by atoms with Crippen molar-refractivity contribution in [1.29, 1.82) is 0 Å². The average Bonchev–Trinajstić information content (AvgIpc) is 2.98. The molecule has 142 valence electrons. The van der Waals surface area contributed by atoms with E-state index in [2.05, 4.69) is 31.0 Å². The Morgan fingerprint density at radius 1 is 1.33 bits per heavy atom. The third kappa shape index (κ3) is 2.76. The van der Waals surface area contributed by atoms with E-state index in [4.69, 9.17) is 21.3 Å². The molecule has 1 saturated carbocycles. The molecule has 4 rings (SSSR count). The van der Waals surface area contributed by atoms with Crippen molar-refractivity contribution < 1.29 is 9.53 Å². The smallest absolute Gasteiger partial charge is 0.209 e. The zero-order chi connectivity index (χ0) is 19.4. The number of hydrogen-bond donors (Lipinski definition) is 0. The van der Waals surface area contributed by atoms with Crippen molar-refractivity contribution in [2.45, 2.75) is 50.1 Å². The van der Waals surface area contributed by atoms with E-state index < -0.39 is 0 Å². The van der Waals surface area contributed by atoms with Crippen molar-refractivity contribution in [1.82, 2.24) is 15.2 Å². The van der Waals surface area contributed by atoms with Gasteiger partial charge in [-0.2, -0.15) is 5.10 Å². The number of fused-ring (bicyclic) bond motifs is 5. The Bertz CT molecular complexity index is 933. The number of hydrogen-bond acceptors (Lipinski definition) is 6. The number of ether oxygens (including phenoxy) is 1. The third-order valence-corrected chi connectivity index (χ3v) is 7.64. The lowest BCUT2D eigenvalue weighted by molar-refractivity contribution is 0.101. The number of ketones is 1. The van der Waals surface area contributed by atoms with E-state index in [0.717, 1.165) is 24.2 Å². The first-order valence-corrected chi connectivity index (χ1v) is 10.4. The molecule has 2 aliphatic carbocycles. The van der Waals surface area contributed by atoms with Gasteiger partial charge in [0, 0.05) is 16.4 Å². The van der Waals surface area contributed by atoms with Crippen LogP contribution < -0.4 is 4.74 Å². The lowest BCUT2D eigenvalue weighted by Gasteiger charge is -2.33. The maximum absolute atomic E-state index is 12.6. The SMILES string of the molecule is COc1ccc(Cl)cc1C(=O)CSc1nnc2c(n1)[C@@]1(C)CC[C@H]2C1(C)C. The van der Waals surface area contributed by atoms with Crippen molar-refractivity contribution in [3.8, 4) is 5.75 Å². The highest BCUT2D eigenvalue weighted by molar-refractivity contribution is 7.99. The molecule has 2 bridgehead atoms. The Hall–Kier alpha value is -1.66. The number of rotatable bonds is 5. The van der Waals surface area contributed by atoms with Crippen LogP contribution in [0.15, 0.2) is 23.4 Å². The van der Waals surface area contributed by atoms with Crippen molar-refractivity contribution in [2.24, 2.45) is 5.41 Å². The number of benzene rings is 1. The molecule has 2 aliphatic rings. The molecular weight excluding hydrogens is 382 g/mol. The summed E-state index contributed by atoms with van der Waals surface area (Å²) in [6.45, 7) is 6.88. The van der Waals surface area contributed by atoms with Crippen LogP contribution in [0.3, 0.4) is 0 Å². The summed E-state index contributed by atoms with van der Waals surface area (Å²) in [5, 5.41) is 9.83. The van der Waals surface area contributed by atoms with Gasteiger partial charge in [-0.25, -0.2) is 4.98 Å². The number of aromatic nitrogens is 3. The molecule has 0 aliphatic heterocycles. The summed E-state index contributed by atoms with van der Waals surface area (Å²) in [5.41, 5.74) is 2.75. The van der Waals surface area contributed by atoms with Gasteiger partial charge in [0.2, 0.25) is 5.16 Å². The molecule has 2 atom stereocenters. The first kappa shape index (κ1) is 18.7. The van der Waals surface area contributed by atoms with E-state index in [1.54, 1.807) is 18.2 Å². The molecule has 5 nitrogen and oxygen atoms in total. The fraction of sp³-hybridized carbons (Fsp3) is 0.500. The highest BCUT2D eigenvalue weighted by atomic mass is 35.5. The van der Waals surface area contributed by atoms with Crippen LogP contribution in [-0.4, -0.2) is 33.8 Å². The normalized spacial score (nSPS) is 24.7. The predicted molar refractivity (Wildman–Crippen MR) is 106 cm³/mol. The summed E-state index contributed by atoms with van der Waals surface area (Å²) < 4.78 is 5.27. The van der Waals surface area contributed by atoms with Crippen LogP contribution in [0.1, 0.15) is 61.3 Å². The summed E-state index contributed by atoms with van der Waals surface area (Å²) in [6, 6.07) is 5.04. The lowest BCUT2D eigenvalue weighted by Crippen LogP contribution is -2.32. The molecule has 1 aromatic carbocycles. The summed E-state index contributed by atoms with van der Waals surface area (Å²) >= 11 is 7.34. The largest absolute Gasteiger partial charge is 0.496 e. The van der Waals surface area contributed by atoms with Crippen molar-refractivity contribution in [2.75, 3.05) is 12.9 Å². The number of nitrogens with zero attached hydrogens (tertiary/aromatic N) is 3. The van der Waals surface area contributed by atoms with Gasteiger partial charge in [-0.3, -0.25) is 4.79 Å². The van der Waals surface area contributed by atoms with Crippen LogP contribution in [0.25, 0.3) is 0 Å². The highest BCUT2D eigenvalue weighted by Crippen LogP contribution is 2.66. The summed E-state index contributed by atoms with van der Waals surface area (Å²) in [7, 11) is 1.54. The molecular formula is C20H22ClN3O2S. The number of carbonyl (C=O) groups excluding carboxylic acids is 1. The fourth-order valence-electron chi connectivity index (χ4n) is 4.53. The molecule has 0 radical (unpaired) electrons. The van der Waals surface area contributed by atoms with Crippen LogP contribution in [0.4, 0.5) is 0 Å². The first-order valence-electron chi connectivity index (χ1n) is 9.02. The van der Waals surface area contributed by atoms with E-state index in [1.165, 1.54) is 18.9 Å². The molecule has 1 fully saturated rings. The molecule has 0 unspecified atom stereocenters. The van der Waals surface area contributed by atoms with E-state index in [0.29, 0.717) is 27.4 Å². The minimum atomic E-state index is -0.0727. The first-order chi connectivity index (χ1) is 12.8. The number of methoxy groups -OCH3 is 1. The van der Waals surface area contributed by atoms with E-state index in [-0.39, 0.29) is 22.4 Å². The monoisotopic (exact) mass is 403 g/mol. The molecule has 0 saturated heterocycles. The summed E-state index contributed by atoms with van der Waals surface area (Å²) in [5.74, 6) is 1.08. The molecule has 0 amide bonds. The minimum absolute atomic E-state index is 0.0262. The maximum atomic E-state index is 12.6. The van der Waals surface area contributed by atoms with Crippen LogP contribution in [0.2, 0.25) is 5.02 Å². The van der Waals surface area contributed by atoms with Crippen molar-refractivity contribution >= 4 is 29.1 Å². The second-order valence-corrected chi connectivity index (χ2v) is 9.41. The summed E-state index contributed by atoms with van der Waals surface area (Å²) in [6.07, 6.45) is 2.27. The van der Waals surface area contributed by atoms with Gasteiger partial charge >= 0.3 is 0 Å². The predicted octanol–water partition coefficient (Wildman–Crippen LogP) is 4.68. The van der Waals surface area contributed by atoms with Crippen LogP contribution in [-0.2, 0) is 5.41 Å². The quantitative estimate of drug-likeness (QED) is 0.533. The fourth-order valence-corrected chi connectivity index (χ4v) is 5.37. The Kier molecular flexibility index (Phi) is 4.47. The van der Waals surface area contributed by atoms with E-state index in [9.17, 15) is 4.79 Å². The van der Waals surface area contributed by atoms with Gasteiger partial charge in [-0.1, -0.05) is 44.1 Å². The van der Waals surface area contributed by atoms with Crippen molar-refractivity contribution in [3.63, 3.8) is 0 Å². The number of carbonyl (C=O) groups is 1. The van der Waals surface area contributed by atoms with E-state index in [1.807, 2.05) is 0 Å². The van der Waals surface area contributed by atoms with Crippen LogP contribution in [0, 0.1) is 5.41 Å². The summed E-state index contributed by atoms with van der Waals surface area (Å²) in [4.78, 5) is 17.5. The van der Waals surface area contributed by atoms with Crippen molar-refractivity contribution in [3.05, 3.63) is 40.2 Å². The molecule has 27 heavy (non-hydrogen) atoms. The number of Topliss-reactive ketones (excluding diaryl/α,β-unsaturated/α-hetero) is 1. The van der Waals surface area contributed by atoms with Gasteiger partial charge in [0.1, 0.15) is 5.75 Å². The minimum Gasteiger partial charge on any atom is -0.496 e. The van der Waals surface area contributed by atoms with Gasteiger partial charge in [-0.05, 0) is 36.5 Å². The molecule has 2 aromatic rings. The molecule has 7 heteroatoms. The zero-order valence-corrected chi connectivity index (χ0v) is 17.4. The highest BCUT2D eigenvalue weighted by Gasteiger charge is 2.61. The van der Waals surface area contributed by atoms with Gasteiger partial charge in [-0.15, -0.1) is 5.10 Å². The standard InChI is InChI=1S/C20H22ClN3O2S/c1-19(2)13-7-8-20(19,3)17-16(13)23-24-18(22-17)27-10-14(25)12-9-11(21)5-6-15(12)26-4/h5-6,9,13H,7-8,10H2,1-4H3/t13-,20-/m1/s1. The number of thioether (sulfide) groups is 1. The van der Waals surface area contributed by atoms with Crippen LogP contribution >= 0.6 is 23.4 Å². The van der Waals surface area contributed by atoms with Gasteiger partial charge in [0.25, 0.3) is 0 Å². The maximum Gasteiger partial charge on any atom is 0.209 e. The van der Waals surface area contributed by atoms with Crippen LogP contribution in [0.5, 0.6) is 5.75 Å². The molecule has 1 aromatic heterocycles. The van der Waals surface area contributed by atoms with Gasteiger partial charge < -0.3 is 4.74 Å². The average molecular weight is 404 g/mol.